The Bertz CT molecular complexity index is 586. The van der Waals surface area contributed by atoms with E-state index in [1.54, 1.807) is 7.05 Å². The Kier molecular flexibility index (Phi) is 5.69. The zero-order valence-corrected chi connectivity index (χ0v) is 13.4. The fourth-order valence-electron chi connectivity index (χ4n) is 3.11. The number of rotatable bonds is 5. The van der Waals surface area contributed by atoms with Gasteiger partial charge in [0.15, 0.2) is 0 Å². The first-order chi connectivity index (χ1) is 10.9. The highest BCUT2D eigenvalue weighted by molar-refractivity contribution is 5.87. The van der Waals surface area contributed by atoms with Crippen molar-refractivity contribution in [1.82, 2.24) is 10.2 Å². The average molecular weight is 324 g/mol. The lowest BCUT2D eigenvalue weighted by Crippen LogP contribution is -2.50. The maximum absolute atomic E-state index is 13.7. The van der Waals surface area contributed by atoms with Crippen molar-refractivity contribution in [3.63, 3.8) is 0 Å². The molecule has 1 aliphatic carbocycles. The molecule has 1 atom stereocenters. The van der Waals surface area contributed by atoms with Gasteiger partial charge in [-0.05, 0) is 24.8 Å². The molecule has 1 aromatic rings. The molecule has 1 fully saturated rings. The lowest BCUT2D eigenvalue weighted by atomic mass is 9.96. The quantitative estimate of drug-likeness (QED) is 0.905. The highest BCUT2D eigenvalue weighted by Gasteiger charge is 2.33. The first-order valence-corrected chi connectivity index (χ1v) is 7.84. The topological polar surface area (TPSA) is 49.4 Å². The van der Waals surface area contributed by atoms with Gasteiger partial charge in [0.05, 0.1) is 0 Å². The van der Waals surface area contributed by atoms with Crippen LogP contribution in [0.4, 0.5) is 8.78 Å². The number of halogens is 2. The van der Waals surface area contributed by atoms with E-state index >= 15 is 0 Å². The smallest absolute Gasteiger partial charge is 0.245 e. The Labute approximate surface area is 134 Å². The third-order valence-corrected chi connectivity index (χ3v) is 4.29. The SMILES string of the molecule is CC(=O)NC(C(=O)N(C)Cc1ccc(F)cc1F)C1CCCC1. The Morgan fingerprint density at radius 3 is 2.52 bits per heavy atom. The number of amides is 2. The number of nitrogens with one attached hydrogen (secondary N) is 1. The van der Waals surface area contributed by atoms with E-state index in [9.17, 15) is 18.4 Å². The van der Waals surface area contributed by atoms with E-state index in [1.165, 1.54) is 24.0 Å². The highest BCUT2D eigenvalue weighted by Crippen LogP contribution is 2.28. The second-order valence-electron chi connectivity index (χ2n) is 6.15. The molecule has 0 bridgehead atoms. The van der Waals surface area contributed by atoms with E-state index < -0.39 is 17.7 Å². The average Bonchev–Trinajstić information content (AvgIpc) is 3.00. The molecule has 1 aromatic carbocycles. The summed E-state index contributed by atoms with van der Waals surface area (Å²) in [5.74, 6) is -1.71. The van der Waals surface area contributed by atoms with Crippen molar-refractivity contribution in [3.8, 4) is 0 Å². The number of likely N-dealkylation sites (N-methyl/N-ethyl adjacent to an activating group) is 1. The minimum absolute atomic E-state index is 0.0355. The summed E-state index contributed by atoms with van der Waals surface area (Å²) in [4.78, 5) is 25.5. The molecule has 0 aliphatic heterocycles. The van der Waals surface area contributed by atoms with Gasteiger partial charge in [-0.25, -0.2) is 8.78 Å². The molecular weight excluding hydrogens is 302 g/mol. The van der Waals surface area contributed by atoms with E-state index in [1.807, 2.05) is 0 Å². The van der Waals surface area contributed by atoms with Crippen LogP contribution in [0.2, 0.25) is 0 Å². The Balaban J connectivity index is 2.09. The summed E-state index contributed by atoms with van der Waals surface area (Å²) >= 11 is 0. The molecule has 2 amide bonds. The summed E-state index contributed by atoms with van der Waals surface area (Å²) in [5, 5.41) is 2.73. The number of hydrogen-bond acceptors (Lipinski definition) is 2. The Morgan fingerprint density at radius 1 is 1.30 bits per heavy atom. The monoisotopic (exact) mass is 324 g/mol. The molecule has 1 aliphatic rings. The molecule has 4 nitrogen and oxygen atoms in total. The molecule has 1 N–H and O–H groups in total. The first kappa shape index (κ1) is 17.4. The number of hydrogen-bond donors (Lipinski definition) is 1. The third-order valence-electron chi connectivity index (χ3n) is 4.29. The number of benzene rings is 1. The molecule has 1 saturated carbocycles. The lowest BCUT2D eigenvalue weighted by Gasteiger charge is -2.28. The summed E-state index contributed by atoms with van der Waals surface area (Å²) in [6.07, 6.45) is 3.89. The predicted molar refractivity (Wildman–Crippen MR) is 82.4 cm³/mol. The van der Waals surface area contributed by atoms with E-state index in [2.05, 4.69) is 5.32 Å². The van der Waals surface area contributed by atoms with Crippen LogP contribution in [0.1, 0.15) is 38.2 Å². The van der Waals surface area contributed by atoms with Crippen LogP contribution in [0.15, 0.2) is 18.2 Å². The van der Waals surface area contributed by atoms with Gasteiger partial charge in [0.25, 0.3) is 0 Å². The maximum atomic E-state index is 13.7. The molecule has 6 heteroatoms. The molecule has 126 valence electrons. The van der Waals surface area contributed by atoms with Gasteiger partial charge in [-0.1, -0.05) is 18.9 Å². The van der Waals surface area contributed by atoms with Crippen LogP contribution in [0.25, 0.3) is 0 Å². The second-order valence-corrected chi connectivity index (χ2v) is 6.15. The molecule has 0 aromatic heterocycles. The van der Waals surface area contributed by atoms with Crippen LogP contribution in [0, 0.1) is 17.6 Å². The van der Waals surface area contributed by atoms with Gasteiger partial charge in [0.2, 0.25) is 11.8 Å². The van der Waals surface area contributed by atoms with Gasteiger partial charge in [-0.3, -0.25) is 9.59 Å². The van der Waals surface area contributed by atoms with Gasteiger partial charge in [-0.2, -0.15) is 0 Å². The van der Waals surface area contributed by atoms with Gasteiger partial charge < -0.3 is 10.2 Å². The second kappa shape index (κ2) is 7.53. The van der Waals surface area contributed by atoms with Crippen molar-refractivity contribution in [3.05, 3.63) is 35.4 Å². The Hall–Kier alpha value is -1.98. The van der Waals surface area contributed by atoms with Crippen molar-refractivity contribution in [2.24, 2.45) is 5.92 Å². The minimum atomic E-state index is -0.679. The minimum Gasteiger partial charge on any atom is -0.344 e. The fourth-order valence-corrected chi connectivity index (χ4v) is 3.11. The lowest BCUT2D eigenvalue weighted by molar-refractivity contribution is -0.137. The predicted octanol–water partition coefficient (Wildman–Crippen LogP) is 2.62. The summed E-state index contributed by atoms with van der Waals surface area (Å²) in [5.41, 5.74) is 0.246. The first-order valence-electron chi connectivity index (χ1n) is 7.84. The summed E-state index contributed by atoms with van der Waals surface area (Å²) in [7, 11) is 1.56. The van der Waals surface area contributed by atoms with Crippen molar-refractivity contribution < 1.29 is 18.4 Å². The largest absolute Gasteiger partial charge is 0.344 e. The molecule has 23 heavy (non-hydrogen) atoms. The van der Waals surface area contributed by atoms with E-state index in [4.69, 9.17) is 0 Å². The van der Waals surface area contributed by atoms with Gasteiger partial charge >= 0.3 is 0 Å². The van der Waals surface area contributed by atoms with E-state index in [0.29, 0.717) is 0 Å². The normalized spacial score (nSPS) is 16.2. The highest BCUT2D eigenvalue weighted by atomic mass is 19.1. The Morgan fingerprint density at radius 2 is 1.96 bits per heavy atom. The fraction of sp³-hybridized carbons (Fsp3) is 0.529. The number of nitrogens with zero attached hydrogens (tertiary/aromatic N) is 1. The number of carbonyl (C=O) groups is 2. The van der Waals surface area contributed by atoms with Crippen molar-refractivity contribution in [1.29, 1.82) is 0 Å². The zero-order valence-electron chi connectivity index (χ0n) is 13.4. The van der Waals surface area contributed by atoms with Crippen LogP contribution in [-0.4, -0.2) is 29.8 Å². The standard InChI is InChI=1S/C17H22F2N2O2/c1-11(22)20-16(12-5-3-4-6-12)17(23)21(2)10-13-7-8-14(18)9-15(13)19/h7-9,12,16H,3-6,10H2,1-2H3,(H,20,22). The molecule has 0 radical (unpaired) electrons. The molecule has 0 spiro atoms. The van der Waals surface area contributed by atoms with Crippen LogP contribution in [0.5, 0.6) is 0 Å². The molecular formula is C17H22F2N2O2. The molecule has 2 rings (SSSR count). The van der Waals surface area contributed by atoms with Crippen molar-refractivity contribution in [2.75, 3.05) is 7.05 Å². The maximum Gasteiger partial charge on any atom is 0.245 e. The number of carbonyl (C=O) groups excluding carboxylic acids is 2. The molecule has 0 heterocycles. The van der Waals surface area contributed by atoms with Crippen LogP contribution in [-0.2, 0) is 16.1 Å². The summed E-state index contributed by atoms with van der Waals surface area (Å²) < 4.78 is 26.7. The van der Waals surface area contributed by atoms with Crippen molar-refractivity contribution >= 4 is 11.8 Å². The van der Waals surface area contributed by atoms with Crippen molar-refractivity contribution in [2.45, 2.75) is 45.2 Å². The van der Waals surface area contributed by atoms with Gasteiger partial charge in [0.1, 0.15) is 17.7 Å². The molecule has 0 saturated heterocycles. The van der Waals surface area contributed by atoms with Crippen LogP contribution >= 0.6 is 0 Å². The van der Waals surface area contributed by atoms with Gasteiger partial charge in [-0.15, -0.1) is 0 Å². The molecule has 1 unspecified atom stereocenters. The summed E-state index contributed by atoms with van der Waals surface area (Å²) in [6, 6.07) is 2.72. The third kappa shape index (κ3) is 4.50. The van der Waals surface area contributed by atoms with Crippen LogP contribution in [0.3, 0.4) is 0 Å². The van der Waals surface area contributed by atoms with E-state index in [-0.39, 0.29) is 29.8 Å². The summed E-state index contributed by atoms with van der Waals surface area (Å²) in [6.45, 7) is 1.42. The van der Waals surface area contributed by atoms with Gasteiger partial charge in [0, 0.05) is 32.1 Å². The zero-order chi connectivity index (χ0) is 17.0. The van der Waals surface area contributed by atoms with E-state index in [0.717, 1.165) is 31.7 Å². The van der Waals surface area contributed by atoms with Crippen LogP contribution < -0.4 is 5.32 Å².